The lowest BCUT2D eigenvalue weighted by molar-refractivity contribution is 0.482. The Balaban J connectivity index is 0.00000169. The fraction of sp³-hybridized carbons (Fsp3) is 0.143. The van der Waals surface area contributed by atoms with Gasteiger partial charge in [-0.25, -0.2) is 0 Å². The molecule has 7 heteroatoms. The van der Waals surface area contributed by atoms with E-state index >= 15 is 0 Å². The van der Waals surface area contributed by atoms with E-state index in [0.717, 1.165) is 4.47 Å². The number of benzene rings is 1. The highest BCUT2D eigenvalue weighted by atomic mass is 79.9. The molecule has 1 N–H and O–H groups in total. The normalized spacial score (nSPS) is 10.8. The van der Waals surface area contributed by atoms with E-state index in [1.807, 2.05) is 0 Å². The van der Waals surface area contributed by atoms with Crippen molar-refractivity contribution in [3.63, 3.8) is 0 Å². The predicted molar refractivity (Wildman–Crippen MR) is 63.8 cm³/mol. The van der Waals surface area contributed by atoms with Gasteiger partial charge >= 0.3 is 0 Å². The number of alkyl halides is 1. The zero-order valence-corrected chi connectivity index (χ0v) is 11.6. The van der Waals surface area contributed by atoms with Gasteiger partial charge in [-0.2, -0.15) is 8.42 Å². The quantitative estimate of drug-likeness (QED) is 0.647. The standard InChI is InChI=1S/C7H6Br2O3S.ClH/c8-4-5-3-6(9)1-2-7(5)13(10,11)12;/h1-3H,4H2,(H,10,11,12);1H. The van der Waals surface area contributed by atoms with Gasteiger partial charge in [0, 0.05) is 9.80 Å². The predicted octanol–water partition coefficient (Wildman–Crippen LogP) is 3.01. The fourth-order valence-electron chi connectivity index (χ4n) is 0.904. The maximum absolute atomic E-state index is 10.8. The zero-order valence-electron chi connectivity index (χ0n) is 6.78. The smallest absolute Gasteiger partial charge is 0.282 e. The van der Waals surface area contributed by atoms with E-state index in [1.165, 1.54) is 6.07 Å². The average molecular weight is 366 g/mol. The molecule has 0 radical (unpaired) electrons. The molecule has 0 aliphatic heterocycles. The maximum atomic E-state index is 10.8. The van der Waals surface area contributed by atoms with Crippen molar-refractivity contribution < 1.29 is 13.0 Å². The first-order valence-corrected chi connectivity index (χ1v) is 6.62. The van der Waals surface area contributed by atoms with Gasteiger partial charge in [-0.15, -0.1) is 12.4 Å². The highest BCUT2D eigenvalue weighted by molar-refractivity contribution is 9.10. The van der Waals surface area contributed by atoms with Gasteiger partial charge < -0.3 is 0 Å². The second-order valence-electron chi connectivity index (χ2n) is 2.36. The maximum Gasteiger partial charge on any atom is 0.294 e. The first-order valence-electron chi connectivity index (χ1n) is 3.27. The Labute approximate surface area is 105 Å². The second-order valence-corrected chi connectivity index (χ2v) is 5.23. The molecule has 0 unspecified atom stereocenters. The summed E-state index contributed by atoms with van der Waals surface area (Å²) in [5, 5.41) is 0.377. The van der Waals surface area contributed by atoms with Crippen LogP contribution in [-0.4, -0.2) is 13.0 Å². The van der Waals surface area contributed by atoms with Crippen molar-refractivity contribution in [2.45, 2.75) is 10.2 Å². The lowest BCUT2D eigenvalue weighted by Gasteiger charge is -2.03. The van der Waals surface area contributed by atoms with E-state index in [2.05, 4.69) is 31.9 Å². The highest BCUT2D eigenvalue weighted by Crippen LogP contribution is 2.22. The van der Waals surface area contributed by atoms with E-state index in [1.54, 1.807) is 12.1 Å². The minimum absolute atomic E-state index is 0. The van der Waals surface area contributed by atoms with Crippen molar-refractivity contribution in [2.75, 3.05) is 0 Å². The topological polar surface area (TPSA) is 54.4 Å². The molecule has 0 aliphatic carbocycles. The van der Waals surface area contributed by atoms with Crippen molar-refractivity contribution in [3.8, 4) is 0 Å². The third kappa shape index (κ3) is 3.51. The van der Waals surface area contributed by atoms with Crippen LogP contribution in [0.2, 0.25) is 0 Å². The Morgan fingerprint density at radius 1 is 1.36 bits per heavy atom. The molecule has 0 bridgehead atoms. The van der Waals surface area contributed by atoms with Crippen LogP contribution in [0.25, 0.3) is 0 Å². The summed E-state index contributed by atoms with van der Waals surface area (Å²) in [6, 6.07) is 4.56. The Kier molecular flexibility index (Phi) is 5.61. The molecule has 1 aromatic carbocycles. The monoisotopic (exact) mass is 364 g/mol. The molecule has 0 fully saturated rings. The molecule has 0 spiro atoms. The fourth-order valence-corrected chi connectivity index (χ4v) is 2.66. The van der Waals surface area contributed by atoms with Gasteiger partial charge in [0.25, 0.3) is 10.1 Å². The van der Waals surface area contributed by atoms with Crippen molar-refractivity contribution in [2.24, 2.45) is 0 Å². The summed E-state index contributed by atoms with van der Waals surface area (Å²) in [6.07, 6.45) is 0. The average Bonchev–Trinajstić information content (AvgIpc) is 2.01. The van der Waals surface area contributed by atoms with E-state index in [9.17, 15) is 8.42 Å². The summed E-state index contributed by atoms with van der Waals surface area (Å²) in [4.78, 5) is -0.0624. The van der Waals surface area contributed by atoms with Gasteiger partial charge in [-0.1, -0.05) is 31.9 Å². The summed E-state index contributed by atoms with van der Waals surface area (Å²) < 4.78 is 31.3. The molecule has 1 rings (SSSR count). The first-order chi connectivity index (χ1) is 5.95. The minimum Gasteiger partial charge on any atom is -0.282 e. The molecular weight excluding hydrogens is 359 g/mol. The van der Waals surface area contributed by atoms with Gasteiger partial charge in [-0.3, -0.25) is 4.55 Å². The summed E-state index contributed by atoms with van der Waals surface area (Å²) in [7, 11) is -4.11. The number of hydrogen-bond donors (Lipinski definition) is 1. The molecule has 14 heavy (non-hydrogen) atoms. The van der Waals surface area contributed by atoms with Crippen LogP contribution in [-0.2, 0) is 15.4 Å². The third-order valence-electron chi connectivity index (χ3n) is 1.44. The van der Waals surface area contributed by atoms with Crippen molar-refractivity contribution in [1.29, 1.82) is 0 Å². The van der Waals surface area contributed by atoms with E-state index in [-0.39, 0.29) is 17.3 Å². The molecule has 0 aliphatic rings. The molecule has 0 aromatic heterocycles. The molecule has 0 amide bonds. The molecule has 0 heterocycles. The number of rotatable bonds is 2. The van der Waals surface area contributed by atoms with Crippen LogP contribution in [0.5, 0.6) is 0 Å². The van der Waals surface area contributed by atoms with Crippen LogP contribution >= 0.6 is 44.3 Å². The van der Waals surface area contributed by atoms with Crippen molar-refractivity contribution in [3.05, 3.63) is 28.2 Å². The van der Waals surface area contributed by atoms with Crippen molar-refractivity contribution >= 4 is 54.4 Å². The van der Waals surface area contributed by atoms with Crippen LogP contribution in [0.15, 0.2) is 27.6 Å². The van der Waals surface area contributed by atoms with Crippen LogP contribution < -0.4 is 0 Å². The van der Waals surface area contributed by atoms with Crippen LogP contribution in [0.1, 0.15) is 5.56 Å². The van der Waals surface area contributed by atoms with Crippen molar-refractivity contribution in [1.82, 2.24) is 0 Å². The van der Waals surface area contributed by atoms with E-state index in [4.69, 9.17) is 4.55 Å². The summed E-state index contributed by atoms with van der Waals surface area (Å²) >= 11 is 6.35. The zero-order chi connectivity index (χ0) is 10.1. The molecule has 3 nitrogen and oxygen atoms in total. The number of halogens is 3. The van der Waals surface area contributed by atoms with Gasteiger partial charge in [0.2, 0.25) is 0 Å². The van der Waals surface area contributed by atoms with Gasteiger partial charge in [0.05, 0.1) is 4.90 Å². The first kappa shape index (κ1) is 14.4. The summed E-state index contributed by atoms with van der Waals surface area (Å²) in [6.45, 7) is 0. The van der Waals surface area contributed by atoms with Crippen LogP contribution in [0.3, 0.4) is 0 Å². The minimum atomic E-state index is -4.11. The lowest BCUT2D eigenvalue weighted by atomic mass is 10.2. The van der Waals surface area contributed by atoms with E-state index in [0.29, 0.717) is 10.9 Å². The Bertz CT molecular complexity index is 419. The van der Waals surface area contributed by atoms with Gasteiger partial charge in [0.1, 0.15) is 0 Å². The molecule has 0 saturated heterocycles. The Morgan fingerprint density at radius 3 is 2.36 bits per heavy atom. The van der Waals surface area contributed by atoms with Crippen LogP contribution in [0, 0.1) is 0 Å². The third-order valence-corrected chi connectivity index (χ3v) is 3.50. The number of hydrogen-bond acceptors (Lipinski definition) is 2. The molecular formula is C7H7Br2ClO3S. The second kappa shape index (κ2) is 5.46. The molecule has 0 saturated carbocycles. The van der Waals surface area contributed by atoms with Crippen LogP contribution in [0.4, 0.5) is 0 Å². The molecule has 0 atom stereocenters. The van der Waals surface area contributed by atoms with Gasteiger partial charge in [0.15, 0.2) is 0 Å². The largest absolute Gasteiger partial charge is 0.294 e. The SMILES string of the molecule is Cl.O=S(=O)(O)c1ccc(Br)cc1CBr. The van der Waals surface area contributed by atoms with E-state index < -0.39 is 10.1 Å². The molecule has 80 valence electrons. The van der Waals surface area contributed by atoms with Gasteiger partial charge in [-0.05, 0) is 23.8 Å². The highest BCUT2D eigenvalue weighted by Gasteiger charge is 2.14. The Morgan fingerprint density at radius 2 is 1.93 bits per heavy atom. The summed E-state index contributed by atoms with van der Waals surface area (Å²) in [5.74, 6) is 0. The molecule has 1 aromatic rings. The lowest BCUT2D eigenvalue weighted by Crippen LogP contribution is -2.01. The summed E-state index contributed by atoms with van der Waals surface area (Å²) in [5.41, 5.74) is 0.525. The Hall–Kier alpha value is 0.380.